The van der Waals surface area contributed by atoms with E-state index in [0.29, 0.717) is 17.9 Å². The standard InChI is InChI=1S/C18H15NO3/c1-2-22-18(21)14-8-9-19-15(10-14)11-16(17(19)12-20)13-6-4-3-5-7-13/h3-12H,2H2,1H3. The number of aldehydes is 1. The molecule has 2 aromatic heterocycles. The van der Waals surface area contributed by atoms with Crippen LogP contribution in [0, 0.1) is 0 Å². The van der Waals surface area contributed by atoms with Gasteiger partial charge in [-0.05, 0) is 30.7 Å². The molecule has 0 radical (unpaired) electrons. The van der Waals surface area contributed by atoms with Gasteiger partial charge in [0.25, 0.3) is 0 Å². The lowest BCUT2D eigenvalue weighted by atomic mass is 10.1. The Morgan fingerprint density at radius 2 is 1.95 bits per heavy atom. The van der Waals surface area contributed by atoms with Crippen LogP contribution in [-0.4, -0.2) is 23.3 Å². The highest BCUT2D eigenvalue weighted by Crippen LogP contribution is 2.27. The molecule has 22 heavy (non-hydrogen) atoms. The molecule has 1 aromatic carbocycles. The number of ether oxygens (including phenoxy) is 1. The number of hydrogen-bond acceptors (Lipinski definition) is 3. The molecular formula is C18H15NO3. The van der Waals surface area contributed by atoms with Gasteiger partial charge in [-0.2, -0.15) is 0 Å². The van der Waals surface area contributed by atoms with Crippen LogP contribution in [0.15, 0.2) is 54.7 Å². The number of carbonyl (C=O) groups excluding carboxylic acids is 2. The maximum atomic E-state index is 11.8. The summed E-state index contributed by atoms with van der Waals surface area (Å²) < 4.78 is 6.78. The SMILES string of the molecule is CCOC(=O)c1ccn2c(C=O)c(-c3ccccc3)cc2c1. The van der Waals surface area contributed by atoms with Crippen molar-refractivity contribution in [2.45, 2.75) is 6.92 Å². The Balaban J connectivity index is 2.15. The maximum absolute atomic E-state index is 11.8. The number of fused-ring (bicyclic) bond motifs is 1. The minimum Gasteiger partial charge on any atom is -0.462 e. The van der Waals surface area contributed by atoms with Gasteiger partial charge in [0.15, 0.2) is 6.29 Å². The summed E-state index contributed by atoms with van der Waals surface area (Å²) in [6.07, 6.45) is 2.55. The quantitative estimate of drug-likeness (QED) is 0.545. The number of benzene rings is 1. The fourth-order valence-electron chi connectivity index (χ4n) is 2.51. The second-order valence-electron chi connectivity index (χ2n) is 4.86. The molecule has 110 valence electrons. The predicted molar refractivity (Wildman–Crippen MR) is 84.2 cm³/mol. The second kappa shape index (κ2) is 5.85. The van der Waals surface area contributed by atoms with Crippen LogP contribution in [-0.2, 0) is 4.74 Å². The number of carbonyl (C=O) groups is 2. The molecule has 2 heterocycles. The third-order valence-electron chi connectivity index (χ3n) is 3.52. The number of esters is 1. The molecule has 0 bridgehead atoms. The van der Waals surface area contributed by atoms with Crippen LogP contribution in [0.25, 0.3) is 16.6 Å². The minimum atomic E-state index is -0.361. The van der Waals surface area contributed by atoms with Crippen molar-refractivity contribution < 1.29 is 14.3 Å². The maximum Gasteiger partial charge on any atom is 0.338 e. The number of pyridine rings is 1. The van der Waals surface area contributed by atoms with Gasteiger partial charge in [0.2, 0.25) is 0 Å². The van der Waals surface area contributed by atoms with Gasteiger partial charge in [-0.25, -0.2) is 4.79 Å². The molecule has 0 fully saturated rings. The molecule has 0 amide bonds. The van der Waals surface area contributed by atoms with Gasteiger partial charge in [-0.15, -0.1) is 0 Å². The highest BCUT2D eigenvalue weighted by Gasteiger charge is 2.13. The van der Waals surface area contributed by atoms with Crippen LogP contribution in [0.2, 0.25) is 0 Å². The first-order valence-electron chi connectivity index (χ1n) is 7.07. The van der Waals surface area contributed by atoms with E-state index in [4.69, 9.17) is 4.74 Å². The molecule has 0 aliphatic rings. The van der Waals surface area contributed by atoms with Crippen molar-refractivity contribution in [1.29, 1.82) is 0 Å². The molecule has 0 spiro atoms. The summed E-state index contributed by atoms with van der Waals surface area (Å²) in [6, 6.07) is 15.0. The third-order valence-corrected chi connectivity index (χ3v) is 3.52. The lowest BCUT2D eigenvalue weighted by Gasteiger charge is -2.03. The van der Waals surface area contributed by atoms with Crippen LogP contribution >= 0.6 is 0 Å². The zero-order valence-electron chi connectivity index (χ0n) is 12.2. The summed E-state index contributed by atoms with van der Waals surface area (Å²) in [5.41, 5.74) is 3.63. The van der Waals surface area contributed by atoms with E-state index in [-0.39, 0.29) is 5.97 Å². The fourth-order valence-corrected chi connectivity index (χ4v) is 2.51. The van der Waals surface area contributed by atoms with E-state index in [2.05, 4.69) is 0 Å². The Morgan fingerprint density at radius 3 is 2.64 bits per heavy atom. The van der Waals surface area contributed by atoms with Crippen molar-refractivity contribution in [2.75, 3.05) is 6.61 Å². The molecule has 0 aliphatic carbocycles. The highest BCUT2D eigenvalue weighted by molar-refractivity contribution is 5.94. The van der Waals surface area contributed by atoms with Crippen LogP contribution in [0.1, 0.15) is 27.8 Å². The zero-order valence-corrected chi connectivity index (χ0v) is 12.2. The van der Waals surface area contributed by atoms with Crippen LogP contribution in [0.5, 0.6) is 0 Å². The van der Waals surface area contributed by atoms with Gasteiger partial charge in [-0.3, -0.25) is 4.79 Å². The average Bonchev–Trinajstić information content (AvgIpc) is 2.93. The van der Waals surface area contributed by atoms with Gasteiger partial charge in [-0.1, -0.05) is 30.3 Å². The molecule has 0 aliphatic heterocycles. The van der Waals surface area contributed by atoms with Crippen molar-refractivity contribution >= 4 is 17.8 Å². The van der Waals surface area contributed by atoms with Crippen molar-refractivity contribution in [1.82, 2.24) is 4.40 Å². The minimum absolute atomic E-state index is 0.333. The Bertz CT molecular complexity index is 834. The van der Waals surface area contributed by atoms with Gasteiger partial charge in [0, 0.05) is 17.3 Å². The van der Waals surface area contributed by atoms with Gasteiger partial charge >= 0.3 is 5.97 Å². The largest absolute Gasteiger partial charge is 0.462 e. The van der Waals surface area contributed by atoms with Crippen LogP contribution in [0.3, 0.4) is 0 Å². The zero-order chi connectivity index (χ0) is 15.5. The average molecular weight is 293 g/mol. The molecule has 3 aromatic rings. The number of hydrogen-bond donors (Lipinski definition) is 0. The monoisotopic (exact) mass is 293 g/mol. The summed E-state index contributed by atoms with van der Waals surface area (Å²) in [5, 5.41) is 0. The molecule has 4 nitrogen and oxygen atoms in total. The molecule has 0 saturated carbocycles. The fraction of sp³-hybridized carbons (Fsp3) is 0.111. The van der Waals surface area contributed by atoms with Gasteiger partial charge in [0.05, 0.1) is 17.9 Å². The third kappa shape index (κ3) is 2.39. The second-order valence-corrected chi connectivity index (χ2v) is 4.86. The summed E-state index contributed by atoms with van der Waals surface area (Å²) in [5.74, 6) is -0.361. The predicted octanol–water partition coefficient (Wildman–Crippen LogP) is 3.60. The van der Waals surface area contributed by atoms with E-state index in [9.17, 15) is 9.59 Å². The lowest BCUT2D eigenvalue weighted by Crippen LogP contribution is -2.05. The van der Waals surface area contributed by atoms with Crippen molar-refractivity contribution in [2.24, 2.45) is 0 Å². The van der Waals surface area contributed by atoms with E-state index in [1.807, 2.05) is 36.4 Å². The number of aromatic nitrogens is 1. The summed E-state index contributed by atoms with van der Waals surface area (Å²) in [4.78, 5) is 23.3. The smallest absolute Gasteiger partial charge is 0.338 e. The first-order chi connectivity index (χ1) is 10.7. The van der Waals surface area contributed by atoms with E-state index in [0.717, 1.165) is 22.9 Å². The number of rotatable bonds is 4. The van der Waals surface area contributed by atoms with Gasteiger partial charge in [0.1, 0.15) is 0 Å². The highest BCUT2D eigenvalue weighted by atomic mass is 16.5. The summed E-state index contributed by atoms with van der Waals surface area (Å²) >= 11 is 0. The van der Waals surface area contributed by atoms with Crippen molar-refractivity contribution in [3.8, 4) is 11.1 Å². The van der Waals surface area contributed by atoms with Crippen LogP contribution < -0.4 is 0 Å². The normalized spacial score (nSPS) is 10.6. The Hall–Kier alpha value is -2.88. The number of nitrogens with zero attached hydrogens (tertiary/aromatic N) is 1. The summed E-state index contributed by atoms with van der Waals surface area (Å²) in [6.45, 7) is 2.10. The van der Waals surface area contributed by atoms with E-state index in [1.165, 1.54) is 0 Å². The Labute approximate surface area is 128 Å². The van der Waals surface area contributed by atoms with E-state index < -0.39 is 0 Å². The molecule has 0 N–H and O–H groups in total. The molecular weight excluding hydrogens is 278 g/mol. The lowest BCUT2D eigenvalue weighted by molar-refractivity contribution is 0.0526. The first-order valence-corrected chi connectivity index (χ1v) is 7.07. The van der Waals surface area contributed by atoms with Crippen molar-refractivity contribution in [3.05, 3.63) is 66.0 Å². The van der Waals surface area contributed by atoms with Gasteiger partial charge < -0.3 is 9.14 Å². The summed E-state index contributed by atoms with van der Waals surface area (Å²) in [7, 11) is 0. The Morgan fingerprint density at radius 1 is 1.18 bits per heavy atom. The molecule has 0 saturated heterocycles. The molecule has 4 heteroatoms. The topological polar surface area (TPSA) is 47.8 Å². The van der Waals surface area contributed by atoms with Crippen LogP contribution in [0.4, 0.5) is 0 Å². The van der Waals surface area contributed by atoms with E-state index >= 15 is 0 Å². The van der Waals surface area contributed by atoms with E-state index in [1.54, 1.807) is 29.7 Å². The molecule has 0 atom stereocenters. The molecule has 0 unspecified atom stereocenters. The Kier molecular flexibility index (Phi) is 3.74. The first kappa shape index (κ1) is 14.1. The van der Waals surface area contributed by atoms with Crippen molar-refractivity contribution in [3.63, 3.8) is 0 Å². The molecule has 3 rings (SSSR count).